The van der Waals surface area contributed by atoms with Crippen molar-refractivity contribution in [1.82, 2.24) is 34.7 Å². The molecule has 9 heteroatoms. The van der Waals surface area contributed by atoms with Crippen LogP contribution < -0.4 is 5.32 Å². The molecule has 4 heterocycles. The van der Waals surface area contributed by atoms with Gasteiger partial charge in [-0.05, 0) is 39.3 Å². The third-order valence-corrected chi connectivity index (χ3v) is 6.17. The van der Waals surface area contributed by atoms with Gasteiger partial charge < -0.3 is 10.2 Å². The Morgan fingerprint density at radius 2 is 1.97 bits per heavy atom. The lowest BCUT2D eigenvalue weighted by Gasteiger charge is -2.34. The zero-order valence-corrected chi connectivity index (χ0v) is 18.4. The summed E-state index contributed by atoms with van der Waals surface area (Å²) in [6.07, 6.45) is 4.23. The highest BCUT2D eigenvalue weighted by Gasteiger charge is 2.25. The van der Waals surface area contributed by atoms with Crippen molar-refractivity contribution in [1.29, 1.82) is 0 Å². The van der Waals surface area contributed by atoms with E-state index in [2.05, 4.69) is 34.3 Å². The molecule has 2 aliphatic heterocycles. The third-order valence-electron chi connectivity index (χ3n) is 6.17. The van der Waals surface area contributed by atoms with E-state index in [1.54, 1.807) is 0 Å². The van der Waals surface area contributed by atoms with E-state index >= 15 is 0 Å². The van der Waals surface area contributed by atoms with E-state index in [0.29, 0.717) is 11.7 Å². The smallest absolute Gasteiger partial charge is 0.274 e. The summed E-state index contributed by atoms with van der Waals surface area (Å²) in [6, 6.07) is 2.23. The summed E-state index contributed by atoms with van der Waals surface area (Å²) in [5, 5.41) is 12.5. The summed E-state index contributed by atoms with van der Waals surface area (Å²) in [7, 11) is 1.99. The first-order valence-electron chi connectivity index (χ1n) is 10.3. The highest BCUT2D eigenvalue weighted by Crippen LogP contribution is 2.18. The Balaban J connectivity index is 0.00000240. The van der Waals surface area contributed by atoms with Crippen LogP contribution in [0.2, 0.25) is 0 Å². The Morgan fingerprint density at radius 1 is 1.21 bits per heavy atom. The zero-order valence-electron chi connectivity index (χ0n) is 17.6. The highest BCUT2D eigenvalue weighted by atomic mass is 35.5. The van der Waals surface area contributed by atoms with Gasteiger partial charge in [0.2, 0.25) is 0 Å². The van der Waals surface area contributed by atoms with Gasteiger partial charge in [0.05, 0.1) is 11.7 Å². The van der Waals surface area contributed by atoms with E-state index in [-0.39, 0.29) is 18.3 Å². The van der Waals surface area contributed by atoms with Crippen molar-refractivity contribution < 1.29 is 4.79 Å². The number of amides is 1. The topological polar surface area (TPSA) is 71.2 Å². The van der Waals surface area contributed by atoms with Gasteiger partial charge in [-0.1, -0.05) is 0 Å². The van der Waals surface area contributed by atoms with Crippen molar-refractivity contribution in [2.75, 3.05) is 39.3 Å². The molecule has 160 valence electrons. The molecule has 2 saturated heterocycles. The molecule has 2 aromatic heterocycles. The zero-order chi connectivity index (χ0) is 19.7. The molecule has 1 amide bonds. The van der Waals surface area contributed by atoms with E-state index < -0.39 is 0 Å². The molecule has 2 aromatic rings. The maximum Gasteiger partial charge on any atom is 0.274 e. The average Bonchev–Trinajstić information content (AvgIpc) is 3.30. The van der Waals surface area contributed by atoms with Gasteiger partial charge in [0.1, 0.15) is 5.69 Å². The molecule has 0 spiro atoms. The molecule has 4 rings (SSSR count). The number of halogens is 1. The highest BCUT2D eigenvalue weighted by molar-refractivity contribution is 5.92. The van der Waals surface area contributed by atoms with Crippen molar-refractivity contribution in [3.63, 3.8) is 0 Å². The quantitative estimate of drug-likeness (QED) is 0.810. The molecule has 2 aliphatic rings. The molecular formula is C20H32ClN7O. The number of nitrogens with zero attached hydrogens (tertiary/aromatic N) is 6. The molecule has 0 aliphatic carbocycles. The normalized spacial score (nSPS) is 20.5. The fourth-order valence-corrected chi connectivity index (χ4v) is 4.26. The summed E-state index contributed by atoms with van der Waals surface area (Å²) in [4.78, 5) is 17.2. The van der Waals surface area contributed by atoms with E-state index in [1.165, 1.54) is 11.3 Å². The monoisotopic (exact) mass is 421 g/mol. The predicted molar refractivity (Wildman–Crippen MR) is 114 cm³/mol. The number of carbonyl (C=O) groups excluding carboxylic acids is 1. The van der Waals surface area contributed by atoms with Crippen LogP contribution in [0.25, 0.3) is 0 Å². The number of hydrogen-bond donors (Lipinski definition) is 1. The minimum Gasteiger partial charge on any atom is -0.335 e. The third kappa shape index (κ3) is 4.65. The van der Waals surface area contributed by atoms with E-state index in [0.717, 1.165) is 64.3 Å². The number of carbonyl (C=O) groups is 1. The standard InChI is InChI=1S/C20H31N7O.ClH/c1-15-18(16(2)24(3)22-15)14-25-9-11-26(12-10-25)20(28)19-6-8-27(23-19)17-5-4-7-21-13-17;/h6,8,17,21H,4-5,7,9-14H2,1-3H3;1H. The van der Waals surface area contributed by atoms with Crippen LogP contribution in [-0.4, -0.2) is 74.5 Å². The van der Waals surface area contributed by atoms with Crippen LogP contribution in [0.5, 0.6) is 0 Å². The Bertz CT molecular complexity index is 832. The SMILES string of the molecule is Cc1nn(C)c(C)c1CN1CCN(C(=O)c2ccn(C3CCCNC3)n2)CC1.Cl. The van der Waals surface area contributed by atoms with Crippen molar-refractivity contribution in [2.24, 2.45) is 7.05 Å². The van der Waals surface area contributed by atoms with Crippen LogP contribution in [0.3, 0.4) is 0 Å². The summed E-state index contributed by atoms with van der Waals surface area (Å²) in [6.45, 7) is 10.3. The number of rotatable bonds is 4. The number of piperidine rings is 1. The maximum atomic E-state index is 12.9. The van der Waals surface area contributed by atoms with Crippen LogP contribution in [0.4, 0.5) is 0 Å². The first-order valence-corrected chi connectivity index (χ1v) is 10.3. The molecule has 1 unspecified atom stereocenters. The second-order valence-electron chi connectivity index (χ2n) is 8.02. The van der Waals surface area contributed by atoms with Gasteiger partial charge in [0.15, 0.2) is 0 Å². The van der Waals surface area contributed by atoms with Gasteiger partial charge in [0.25, 0.3) is 5.91 Å². The Kier molecular flexibility index (Phi) is 6.97. The lowest BCUT2D eigenvalue weighted by Crippen LogP contribution is -2.48. The summed E-state index contributed by atoms with van der Waals surface area (Å²) in [5.41, 5.74) is 4.19. The molecule has 29 heavy (non-hydrogen) atoms. The van der Waals surface area contributed by atoms with Crippen LogP contribution in [0.1, 0.15) is 46.3 Å². The molecule has 8 nitrogen and oxygen atoms in total. The molecule has 1 atom stereocenters. The largest absolute Gasteiger partial charge is 0.335 e. The van der Waals surface area contributed by atoms with Crippen molar-refractivity contribution in [2.45, 2.75) is 39.3 Å². The van der Waals surface area contributed by atoms with Gasteiger partial charge in [-0.15, -0.1) is 12.4 Å². The summed E-state index contributed by atoms with van der Waals surface area (Å²) >= 11 is 0. The molecule has 0 bridgehead atoms. The van der Waals surface area contributed by atoms with Crippen LogP contribution in [0.15, 0.2) is 12.3 Å². The second kappa shape index (κ2) is 9.28. The lowest BCUT2D eigenvalue weighted by molar-refractivity contribution is 0.0620. The minimum atomic E-state index is 0. The van der Waals surface area contributed by atoms with Crippen LogP contribution in [0, 0.1) is 13.8 Å². The van der Waals surface area contributed by atoms with E-state index in [1.807, 2.05) is 33.6 Å². The molecule has 0 radical (unpaired) electrons. The van der Waals surface area contributed by atoms with Crippen molar-refractivity contribution in [3.05, 3.63) is 34.9 Å². The first kappa shape index (κ1) is 21.8. The van der Waals surface area contributed by atoms with Crippen LogP contribution in [-0.2, 0) is 13.6 Å². The number of hydrogen-bond acceptors (Lipinski definition) is 5. The second-order valence-corrected chi connectivity index (χ2v) is 8.02. The molecule has 0 saturated carbocycles. The van der Waals surface area contributed by atoms with Crippen molar-refractivity contribution in [3.8, 4) is 0 Å². The Hall–Kier alpha value is -1.90. The average molecular weight is 422 g/mol. The number of nitrogens with one attached hydrogen (secondary N) is 1. The summed E-state index contributed by atoms with van der Waals surface area (Å²) in [5.74, 6) is 0.0518. The Labute approximate surface area is 178 Å². The number of piperazine rings is 1. The van der Waals surface area contributed by atoms with Gasteiger partial charge in [-0.2, -0.15) is 10.2 Å². The molecule has 1 N–H and O–H groups in total. The summed E-state index contributed by atoms with van der Waals surface area (Å²) < 4.78 is 3.91. The lowest BCUT2D eigenvalue weighted by atomic mass is 10.1. The Morgan fingerprint density at radius 3 is 2.59 bits per heavy atom. The van der Waals surface area contributed by atoms with Gasteiger partial charge in [-0.25, -0.2) is 0 Å². The van der Waals surface area contributed by atoms with Gasteiger partial charge >= 0.3 is 0 Å². The molecular weight excluding hydrogens is 390 g/mol. The fraction of sp³-hybridized carbons (Fsp3) is 0.650. The number of aryl methyl sites for hydroxylation is 2. The van der Waals surface area contributed by atoms with E-state index in [9.17, 15) is 4.79 Å². The fourth-order valence-electron chi connectivity index (χ4n) is 4.26. The van der Waals surface area contributed by atoms with Crippen molar-refractivity contribution >= 4 is 18.3 Å². The van der Waals surface area contributed by atoms with E-state index in [4.69, 9.17) is 0 Å². The minimum absolute atomic E-state index is 0. The predicted octanol–water partition coefficient (Wildman–Crippen LogP) is 1.54. The van der Waals surface area contributed by atoms with Gasteiger partial charge in [-0.3, -0.25) is 19.1 Å². The maximum absolute atomic E-state index is 12.9. The van der Waals surface area contributed by atoms with Crippen LogP contribution >= 0.6 is 12.4 Å². The molecule has 2 fully saturated rings. The van der Waals surface area contributed by atoms with Gasteiger partial charge in [0, 0.05) is 63.8 Å². The molecule has 0 aromatic carbocycles. The number of aromatic nitrogens is 4. The first-order chi connectivity index (χ1) is 13.5.